The topological polar surface area (TPSA) is 83.3 Å². The first-order valence-electron chi connectivity index (χ1n) is 9.78. The van der Waals surface area contributed by atoms with Crippen molar-refractivity contribution in [3.05, 3.63) is 53.7 Å². The van der Waals surface area contributed by atoms with E-state index in [-0.39, 0.29) is 11.9 Å². The molecule has 3 aromatic rings. The van der Waals surface area contributed by atoms with Crippen molar-refractivity contribution in [1.29, 1.82) is 0 Å². The fraction of sp³-hybridized carbons (Fsp3) is 0.381. The summed E-state index contributed by atoms with van der Waals surface area (Å²) in [4.78, 5) is 19.2. The van der Waals surface area contributed by atoms with Gasteiger partial charge in [-0.1, -0.05) is 30.3 Å². The number of hydrogen-bond donors (Lipinski definition) is 2. The van der Waals surface area contributed by atoms with Crippen LogP contribution in [-0.2, 0) is 18.3 Å². The average Bonchev–Trinajstić information content (AvgIpc) is 3.36. The molecule has 0 radical (unpaired) electrons. The van der Waals surface area contributed by atoms with Crippen LogP contribution in [0.15, 0.2) is 48.0 Å². The van der Waals surface area contributed by atoms with E-state index in [0.29, 0.717) is 32.4 Å². The molecule has 1 saturated heterocycles. The minimum atomic E-state index is -0.491. The largest absolute Gasteiger partial charge is 0.391 e. The van der Waals surface area contributed by atoms with Crippen LogP contribution in [0.5, 0.6) is 0 Å². The number of piperidine rings is 1. The molecule has 1 aliphatic heterocycles. The van der Waals surface area contributed by atoms with Crippen LogP contribution in [0.4, 0.5) is 5.13 Å². The summed E-state index contributed by atoms with van der Waals surface area (Å²) < 4.78 is 1.78. The molecule has 2 N–H and O–H groups in total. The van der Waals surface area contributed by atoms with Crippen molar-refractivity contribution in [3.63, 3.8) is 0 Å². The van der Waals surface area contributed by atoms with Gasteiger partial charge in [-0.25, -0.2) is 4.98 Å². The Hall–Kier alpha value is -2.71. The number of aliphatic hydroxyl groups is 1. The van der Waals surface area contributed by atoms with Gasteiger partial charge in [-0.2, -0.15) is 5.10 Å². The molecular weight excluding hydrogens is 386 g/mol. The van der Waals surface area contributed by atoms with Crippen LogP contribution in [0.25, 0.3) is 11.3 Å². The molecule has 0 spiro atoms. The number of benzene rings is 1. The quantitative estimate of drug-likeness (QED) is 0.650. The average molecular weight is 412 g/mol. The van der Waals surface area contributed by atoms with Gasteiger partial charge in [0.25, 0.3) is 0 Å². The molecule has 1 amide bonds. The molecule has 152 valence electrons. The molecule has 2 atom stereocenters. The third kappa shape index (κ3) is 4.83. The first kappa shape index (κ1) is 19.6. The molecule has 1 aliphatic rings. The molecule has 0 unspecified atom stereocenters. The lowest BCUT2D eigenvalue weighted by Gasteiger charge is -2.35. The van der Waals surface area contributed by atoms with E-state index in [4.69, 9.17) is 4.98 Å². The summed E-state index contributed by atoms with van der Waals surface area (Å²) in [5, 5.41) is 20.4. The van der Waals surface area contributed by atoms with Gasteiger partial charge in [-0.15, -0.1) is 11.3 Å². The molecule has 1 fully saturated rings. The third-order valence-corrected chi connectivity index (χ3v) is 6.06. The highest BCUT2D eigenvalue weighted by molar-refractivity contribution is 7.14. The van der Waals surface area contributed by atoms with E-state index in [0.717, 1.165) is 22.1 Å². The van der Waals surface area contributed by atoms with Crippen molar-refractivity contribution >= 4 is 22.4 Å². The Balaban J connectivity index is 1.36. The van der Waals surface area contributed by atoms with Crippen LogP contribution in [0.1, 0.15) is 18.5 Å². The van der Waals surface area contributed by atoms with E-state index in [1.54, 1.807) is 22.2 Å². The second-order valence-corrected chi connectivity index (χ2v) is 8.22. The Morgan fingerprint density at radius 3 is 2.86 bits per heavy atom. The van der Waals surface area contributed by atoms with Gasteiger partial charge in [0, 0.05) is 55.4 Å². The molecule has 0 saturated carbocycles. The van der Waals surface area contributed by atoms with Crippen molar-refractivity contribution in [2.75, 3.05) is 18.0 Å². The number of carbonyl (C=O) groups excluding carboxylic acids is 1. The van der Waals surface area contributed by atoms with Crippen molar-refractivity contribution in [2.45, 2.75) is 31.4 Å². The summed E-state index contributed by atoms with van der Waals surface area (Å²) in [5.74, 6) is -0.00522. The van der Waals surface area contributed by atoms with Crippen LogP contribution >= 0.6 is 11.3 Å². The van der Waals surface area contributed by atoms with Gasteiger partial charge in [0.2, 0.25) is 5.91 Å². The second-order valence-electron chi connectivity index (χ2n) is 7.39. The monoisotopic (exact) mass is 411 g/mol. The van der Waals surface area contributed by atoms with Gasteiger partial charge in [0.15, 0.2) is 5.13 Å². The number of amides is 1. The number of nitrogens with zero attached hydrogens (tertiary/aromatic N) is 4. The molecule has 4 rings (SSSR count). The standard InChI is InChI=1S/C21H25N5O2S/c1-25-17(9-10-22-25)7-8-20(28)23-16-11-18(27)13-26(12-16)21-24-19(14-29-21)15-5-3-2-4-6-15/h2-6,9-10,14,16,18,27H,7-8,11-13H2,1H3,(H,23,28)/t16-,18+/m0/s1. The van der Waals surface area contributed by atoms with Gasteiger partial charge >= 0.3 is 0 Å². The Labute approximate surface area is 174 Å². The maximum Gasteiger partial charge on any atom is 0.220 e. The Morgan fingerprint density at radius 1 is 1.28 bits per heavy atom. The lowest BCUT2D eigenvalue weighted by atomic mass is 10.0. The van der Waals surface area contributed by atoms with Crippen LogP contribution in [0.3, 0.4) is 0 Å². The third-order valence-electron chi connectivity index (χ3n) is 5.16. The smallest absolute Gasteiger partial charge is 0.220 e. The highest BCUT2D eigenvalue weighted by Gasteiger charge is 2.28. The zero-order valence-corrected chi connectivity index (χ0v) is 17.2. The van der Waals surface area contributed by atoms with Gasteiger partial charge in [0.05, 0.1) is 11.8 Å². The minimum absolute atomic E-state index is 0.00522. The lowest BCUT2D eigenvalue weighted by Crippen LogP contribution is -2.52. The molecule has 1 aromatic carbocycles. The van der Waals surface area contributed by atoms with E-state index >= 15 is 0 Å². The number of β-amino-alcohol motifs (C(OH)–C–C–N with tert-alkyl or cyclic N) is 1. The molecule has 0 aliphatic carbocycles. The number of aromatic nitrogens is 3. The number of nitrogens with one attached hydrogen (secondary N) is 1. The number of carbonyl (C=O) groups is 1. The van der Waals surface area contributed by atoms with Crippen molar-refractivity contribution in [1.82, 2.24) is 20.1 Å². The number of hydrogen-bond acceptors (Lipinski definition) is 6. The summed E-state index contributed by atoms with van der Waals surface area (Å²) >= 11 is 1.57. The number of thiazole rings is 1. The Morgan fingerprint density at radius 2 is 2.10 bits per heavy atom. The van der Waals surface area contributed by atoms with E-state index in [1.807, 2.05) is 48.8 Å². The van der Waals surface area contributed by atoms with Gasteiger partial charge in [-0.05, 0) is 18.9 Å². The van der Waals surface area contributed by atoms with E-state index in [9.17, 15) is 9.90 Å². The molecule has 8 heteroatoms. The maximum absolute atomic E-state index is 12.4. The molecule has 7 nitrogen and oxygen atoms in total. The van der Waals surface area contributed by atoms with Crippen LogP contribution in [-0.4, -0.2) is 51.0 Å². The van der Waals surface area contributed by atoms with Crippen LogP contribution < -0.4 is 10.2 Å². The van der Waals surface area contributed by atoms with Crippen LogP contribution in [0, 0.1) is 0 Å². The van der Waals surface area contributed by atoms with Crippen molar-refractivity contribution in [2.24, 2.45) is 7.05 Å². The molecule has 3 heterocycles. The van der Waals surface area contributed by atoms with Gasteiger partial charge in [-0.3, -0.25) is 9.48 Å². The van der Waals surface area contributed by atoms with Crippen LogP contribution in [0.2, 0.25) is 0 Å². The zero-order valence-electron chi connectivity index (χ0n) is 16.4. The normalized spacial score (nSPS) is 19.3. The predicted octanol–water partition coefficient (Wildman–Crippen LogP) is 2.23. The second kappa shape index (κ2) is 8.75. The summed E-state index contributed by atoms with van der Waals surface area (Å²) in [7, 11) is 1.88. The van der Waals surface area contributed by atoms with E-state index < -0.39 is 6.10 Å². The molecular formula is C21H25N5O2S. The number of anilines is 1. The maximum atomic E-state index is 12.4. The summed E-state index contributed by atoms with van der Waals surface area (Å²) in [6.45, 7) is 1.18. The minimum Gasteiger partial charge on any atom is -0.391 e. The predicted molar refractivity (Wildman–Crippen MR) is 114 cm³/mol. The molecule has 2 aromatic heterocycles. The SMILES string of the molecule is Cn1nccc1CCC(=O)N[C@H]1C[C@@H](O)CN(c2nc(-c3ccccc3)cs2)C1. The fourth-order valence-electron chi connectivity index (χ4n) is 3.67. The van der Waals surface area contributed by atoms with E-state index in [1.165, 1.54) is 0 Å². The number of rotatable bonds is 6. The summed E-state index contributed by atoms with van der Waals surface area (Å²) in [5.41, 5.74) is 3.04. The van der Waals surface area contributed by atoms with E-state index in [2.05, 4.69) is 15.3 Å². The molecule has 29 heavy (non-hydrogen) atoms. The molecule has 0 bridgehead atoms. The summed E-state index contributed by atoms with van der Waals surface area (Å²) in [6, 6.07) is 11.9. The summed E-state index contributed by atoms with van der Waals surface area (Å²) in [6.07, 6.45) is 2.86. The number of aryl methyl sites for hydroxylation is 2. The Kier molecular flexibility index (Phi) is 5.92. The first-order chi connectivity index (χ1) is 14.1. The highest BCUT2D eigenvalue weighted by Crippen LogP contribution is 2.29. The highest BCUT2D eigenvalue weighted by atomic mass is 32.1. The fourth-order valence-corrected chi connectivity index (χ4v) is 4.53. The van der Waals surface area contributed by atoms with Gasteiger partial charge in [0.1, 0.15) is 0 Å². The zero-order chi connectivity index (χ0) is 20.2. The first-order valence-corrected chi connectivity index (χ1v) is 10.7. The van der Waals surface area contributed by atoms with Crippen molar-refractivity contribution < 1.29 is 9.90 Å². The Bertz CT molecular complexity index is 955. The van der Waals surface area contributed by atoms with Crippen molar-refractivity contribution in [3.8, 4) is 11.3 Å². The van der Waals surface area contributed by atoms with Gasteiger partial charge < -0.3 is 15.3 Å². The number of aliphatic hydroxyl groups excluding tert-OH is 1. The lowest BCUT2D eigenvalue weighted by molar-refractivity contribution is -0.122.